The van der Waals surface area contributed by atoms with Crippen LogP contribution in [0.3, 0.4) is 0 Å². The second-order valence-corrected chi connectivity index (χ2v) is 10.0. The molecule has 4 aromatic carbocycles. The van der Waals surface area contributed by atoms with Crippen molar-refractivity contribution >= 4 is 41.8 Å². The van der Waals surface area contributed by atoms with Crippen LogP contribution in [0.25, 0.3) is 12.2 Å². The van der Waals surface area contributed by atoms with E-state index in [1.807, 2.05) is 12.1 Å². The van der Waals surface area contributed by atoms with Gasteiger partial charge in [0.1, 0.15) is 0 Å². The zero-order valence-electron chi connectivity index (χ0n) is 19.8. The minimum atomic E-state index is 0.133. The minimum absolute atomic E-state index is 0.133. The van der Waals surface area contributed by atoms with Crippen molar-refractivity contribution in [1.29, 1.82) is 0 Å². The van der Waals surface area contributed by atoms with E-state index in [2.05, 4.69) is 142 Å². The average Bonchev–Trinajstić information content (AvgIpc) is 2.81. The molecule has 0 heterocycles. The van der Waals surface area contributed by atoms with Crippen LogP contribution in [0.2, 0.25) is 0 Å². The van der Waals surface area contributed by atoms with E-state index in [-0.39, 0.29) is 5.41 Å². The quantitative estimate of drug-likeness (QED) is 0.235. The summed E-state index contributed by atoms with van der Waals surface area (Å²) in [7, 11) is 0. The van der Waals surface area contributed by atoms with Crippen LogP contribution < -0.4 is 4.90 Å². The first kappa shape index (κ1) is 22.9. The Labute approximate surface area is 203 Å². The lowest BCUT2D eigenvalue weighted by Crippen LogP contribution is -2.13. The molecule has 0 saturated carbocycles. The molecule has 4 rings (SSSR count). The lowest BCUT2D eigenvalue weighted by Gasteiger charge is -2.27. The number of hydrogen-bond donors (Lipinski definition) is 1. The van der Waals surface area contributed by atoms with Gasteiger partial charge in [-0.2, -0.15) is 0 Å². The van der Waals surface area contributed by atoms with Gasteiger partial charge in [0.25, 0.3) is 0 Å². The molecule has 1 nitrogen and oxygen atoms in total. The van der Waals surface area contributed by atoms with Crippen LogP contribution in [-0.4, -0.2) is 0 Å². The Hall–Kier alpha value is -3.23. The van der Waals surface area contributed by atoms with E-state index in [4.69, 9.17) is 0 Å². The Morgan fingerprint density at radius 3 is 1.42 bits per heavy atom. The Bertz CT molecular complexity index is 1210. The third-order valence-electron chi connectivity index (χ3n) is 5.80. The number of anilines is 3. The topological polar surface area (TPSA) is 3.24 Å². The highest BCUT2D eigenvalue weighted by molar-refractivity contribution is 7.80. The summed E-state index contributed by atoms with van der Waals surface area (Å²) < 4.78 is 0. The van der Waals surface area contributed by atoms with Gasteiger partial charge < -0.3 is 4.90 Å². The van der Waals surface area contributed by atoms with Crippen molar-refractivity contribution in [3.63, 3.8) is 0 Å². The number of rotatable bonds is 5. The molecule has 0 aromatic heterocycles. The zero-order valence-corrected chi connectivity index (χ0v) is 20.7. The molecular formula is C31H31NS. The molecule has 2 heteroatoms. The average molecular weight is 450 g/mol. The fraction of sp³-hybridized carbons (Fsp3) is 0.161. The molecule has 0 amide bonds. The molecule has 0 atom stereocenters. The lowest BCUT2D eigenvalue weighted by molar-refractivity contribution is 0.590. The fourth-order valence-corrected chi connectivity index (χ4v) is 3.91. The van der Waals surface area contributed by atoms with Crippen molar-refractivity contribution in [2.24, 2.45) is 0 Å². The van der Waals surface area contributed by atoms with Crippen LogP contribution in [0, 0.1) is 6.92 Å². The molecule has 0 unspecified atom stereocenters. The molecule has 0 N–H and O–H groups in total. The molecule has 33 heavy (non-hydrogen) atoms. The largest absolute Gasteiger partial charge is 0.311 e. The number of aryl methyl sites for hydroxylation is 1. The van der Waals surface area contributed by atoms with Crippen molar-refractivity contribution in [3.8, 4) is 0 Å². The summed E-state index contributed by atoms with van der Waals surface area (Å²) in [6.45, 7) is 8.87. The van der Waals surface area contributed by atoms with Gasteiger partial charge in [0.15, 0.2) is 0 Å². The number of nitrogens with zero attached hydrogens (tertiary/aromatic N) is 1. The molecule has 0 radical (unpaired) electrons. The highest BCUT2D eigenvalue weighted by atomic mass is 32.1. The second kappa shape index (κ2) is 9.72. The van der Waals surface area contributed by atoms with Crippen molar-refractivity contribution in [2.45, 2.75) is 38.0 Å². The summed E-state index contributed by atoms with van der Waals surface area (Å²) in [5, 5.41) is 0. The Morgan fingerprint density at radius 2 is 0.970 bits per heavy atom. The summed E-state index contributed by atoms with van der Waals surface area (Å²) in [4.78, 5) is 3.29. The molecule has 166 valence electrons. The van der Waals surface area contributed by atoms with Crippen LogP contribution in [-0.2, 0) is 5.41 Å². The van der Waals surface area contributed by atoms with Crippen LogP contribution in [0.1, 0.15) is 43.0 Å². The maximum absolute atomic E-state index is 4.36. The molecule has 4 aromatic rings. The molecular weight excluding hydrogens is 418 g/mol. The monoisotopic (exact) mass is 449 g/mol. The molecule has 0 bridgehead atoms. The van der Waals surface area contributed by atoms with Gasteiger partial charge in [-0.3, -0.25) is 0 Å². The van der Waals surface area contributed by atoms with E-state index in [9.17, 15) is 0 Å². The van der Waals surface area contributed by atoms with E-state index in [1.54, 1.807) is 0 Å². The van der Waals surface area contributed by atoms with Gasteiger partial charge in [-0.25, -0.2) is 0 Å². The van der Waals surface area contributed by atoms with Gasteiger partial charge in [0, 0.05) is 22.0 Å². The highest BCUT2D eigenvalue weighted by Crippen LogP contribution is 2.36. The molecule has 0 aliphatic rings. The third kappa shape index (κ3) is 5.77. The zero-order chi connectivity index (χ0) is 23.4. The standard InChI is InChI=1S/C31H31NS/c1-23-5-15-27(16-6-23)32(29-19-13-26(14-20-29)31(2,3)4)28-17-9-24(10-18-28)7-8-25-11-21-30(33)22-12-25/h5-22,33H,1-4H3/b8-7-. The number of thiol groups is 1. The summed E-state index contributed by atoms with van der Waals surface area (Å²) in [6.07, 6.45) is 4.27. The van der Waals surface area contributed by atoms with Crippen molar-refractivity contribution < 1.29 is 0 Å². The van der Waals surface area contributed by atoms with Crippen LogP contribution in [0.4, 0.5) is 17.1 Å². The summed E-state index contributed by atoms with van der Waals surface area (Å²) in [5.41, 5.74) is 8.50. The first-order chi connectivity index (χ1) is 15.8. The van der Waals surface area contributed by atoms with Gasteiger partial charge in [-0.15, -0.1) is 12.6 Å². The summed E-state index contributed by atoms with van der Waals surface area (Å²) in [6, 6.07) is 34.5. The van der Waals surface area contributed by atoms with Gasteiger partial charge in [-0.05, 0) is 77.6 Å². The predicted molar refractivity (Wildman–Crippen MR) is 147 cm³/mol. The number of benzene rings is 4. The summed E-state index contributed by atoms with van der Waals surface area (Å²) in [5.74, 6) is 0. The second-order valence-electron chi connectivity index (χ2n) is 9.48. The van der Waals surface area contributed by atoms with E-state index < -0.39 is 0 Å². The minimum Gasteiger partial charge on any atom is -0.311 e. The van der Waals surface area contributed by atoms with E-state index >= 15 is 0 Å². The van der Waals surface area contributed by atoms with Crippen LogP contribution in [0.15, 0.2) is 102 Å². The predicted octanol–water partition coefficient (Wildman–Crippen LogP) is 9.22. The molecule has 0 fully saturated rings. The molecule has 0 aliphatic heterocycles. The van der Waals surface area contributed by atoms with E-state index in [0.29, 0.717) is 0 Å². The van der Waals surface area contributed by atoms with E-state index in [1.165, 1.54) is 16.7 Å². The summed E-state index contributed by atoms with van der Waals surface area (Å²) >= 11 is 4.36. The van der Waals surface area contributed by atoms with Crippen molar-refractivity contribution in [3.05, 3.63) is 119 Å². The van der Waals surface area contributed by atoms with Gasteiger partial charge in [-0.1, -0.05) is 87.0 Å². The first-order valence-corrected chi connectivity index (χ1v) is 11.8. The van der Waals surface area contributed by atoms with Crippen molar-refractivity contribution in [1.82, 2.24) is 0 Å². The van der Waals surface area contributed by atoms with Gasteiger partial charge in [0.2, 0.25) is 0 Å². The number of hydrogen-bond acceptors (Lipinski definition) is 2. The third-order valence-corrected chi connectivity index (χ3v) is 6.09. The van der Waals surface area contributed by atoms with Crippen LogP contribution >= 0.6 is 12.6 Å². The highest BCUT2D eigenvalue weighted by Gasteiger charge is 2.16. The lowest BCUT2D eigenvalue weighted by atomic mass is 9.87. The Morgan fingerprint density at radius 1 is 0.576 bits per heavy atom. The van der Waals surface area contributed by atoms with E-state index in [0.717, 1.165) is 27.5 Å². The fourth-order valence-electron chi connectivity index (χ4n) is 3.76. The van der Waals surface area contributed by atoms with Crippen LogP contribution in [0.5, 0.6) is 0 Å². The molecule has 0 aliphatic carbocycles. The molecule has 0 saturated heterocycles. The SMILES string of the molecule is Cc1ccc(N(c2ccc(/C=C\c3ccc(S)cc3)cc2)c2ccc(C(C)(C)C)cc2)cc1. The molecule has 0 spiro atoms. The van der Waals surface area contributed by atoms with Crippen molar-refractivity contribution in [2.75, 3.05) is 4.90 Å². The van der Waals surface area contributed by atoms with Gasteiger partial charge in [0.05, 0.1) is 0 Å². The Balaban J connectivity index is 1.65. The normalized spacial score (nSPS) is 11.7. The first-order valence-electron chi connectivity index (χ1n) is 11.3. The maximum atomic E-state index is 4.36. The maximum Gasteiger partial charge on any atom is 0.0462 e. The Kier molecular flexibility index (Phi) is 6.76. The van der Waals surface area contributed by atoms with Gasteiger partial charge >= 0.3 is 0 Å². The smallest absolute Gasteiger partial charge is 0.0462 e.